The summed E-state index contributed by atoms with van der Waals surface area (Å²) in [5.74, 6) is 4.36. The number of fused-ring (bicyclic) bond motifs is 5. The van der Waals surface area contributed by atoms with Gasteiger partial charge in [-0.25, -0.2) is 0 Å². The summed E-state index contributed by atoms with van der Waals surface area (Å²) in [6, 6.07) is 0. The first-order valence-electron chi connectivity index (χ1n) is 13.3. The molecule has 9 atom stereocenters. The van der Waals surface area contributed by atoms with E-state index in [1.807, 2.05) is 0 Å². The lowest BCUT2D eigenvalue weighted by Crippen LogP contribution is -2.52. The van der Waals surface area contributed by atoms with Gasteiger partial charge in [0.2, 0.25) is 0 Å². The van der Waals surface area contributed by atoms with Crippen LogP contribution in [0.15, 0.2) is 29.0 Å². The van der Waals surface area contributed by atoms with Crippen molar-refractivity contribution in [1.29, 1.82) is 0 Å². The highest BCUT2D eigenvalue weighted by Crippen LogP contribution is 2.66. The van der Waals surface area contributed by atoms with Gasteiger partial charge in [-0.2, -0.15) is 0 Å². The van der Waals surface area contributed by atoms with Gasteiger partial charge in [0.25, 0.3) is 0 Å². The van der Waals surface area contributed by atoms with Crippen molar-refractivity contribution in [2.45, 2.75) is 92.6 Å². The Hall–Kier alpha value is -1.09. The van der Waals surface area contributed by atoms with Crippen molar-refractivity contribution in [3.63, 3.8) is 0 Å². The molecule has 1 N–H and O–H groups in total. The third-order valence-electron chi connectivity index (χ3n) is 10.6. The molecule has 0 aromatic carbocycles. The molecular formula is C29H47NO2. The van der Waals surface area contributed by atoms with E-state index in [1.54, 1.807) is 12.7 Å². The molecule has 0 aromatic rings. The van der Waals surface area contributed by atoms with Gasteiger partial charge in [0, 0.05) is 5.92 Å². The van der Waals surface area contributed by atoms with Crippen LogP contribution in [0.25, 0.3) is 0 Å². The minimum atomic E-state index is -0.198. The molecule has 3 heteroatoms. The zero-order valence-corrected chi connectivity index (χ0v) is 21.6. The second kappa shape index (κ2) is 8.93. The molecule has 180 valence electrons. The molecule has 3 saturated carbocycles. The van der Waals surface area contributed by atoms with Crippen LogP contribution < -0.4 is 0 Å². The maximum absolute atomic E-state index is 10.4. The fourth-order valence-corrected chi connectivity index (χ4v) is 8.17. The molecule has 0 heterocycles. The zero-order valence-electron chi connectivity index (χ0n) is 21.6. The van der Waals surface area contributed by atoms with E-state index in [2.05, 4.69) is 64.9 Å². The molecule has 0 unspecified atom stereocenters. The minimum absolute atomic E-state index is 0.198. The quantitative estimate of drug-likeness (QED) is 0.368. The van der Waals surface area contributed by atoms with Crippen molar-refractivity contribution in [3.8, 4) is 0 Å². The van der Waals surface area contributed by atoms with Gasteiger partial charge in [-0.05, 0) is 97.4 Å². The number of hydrogen-bond acceptors (Lipinski definition) is 3. The number of aliphatic hydroxyl groups excluding tert-OH is 1. The average molecular weight is 442 g/mol. The molecule has 0 bridgehead atoms. The average Bonchev–Trinajstić information content (AvgIpc) is 3.10. The summed E-state index contributed by atoms with van der Waals surface area (Å²) in [5.41, 5.74) is 3.34. The Kier molecular flexibility index (Phi) is 6.71. The van der Waals surface area contributed by atoms with Crippen molar-refractivity contribution in [1.82, 2.24) is 0 Å². The van der Waals surface area contributed by atoms with Crippen LogP contribution >= 0.6 is 0 Å². The first-order valence-corrected chi connectivity index (χ1v) is 13.3. The van der Waals surface area contributed by atoms with Crippen molar-refractivity contribution in [2.24, 2.45) is 57.4 Å². The summed E-state index contributed by atoms with van der Waals surface area (Å²) >= 11 is 0. The van der Waals surface area contributed by atoms with Crippen molar-refractivity contribution in [3.05, 3.63) is 23.8 Å². The van der Waals surface area contributed by atoms with Gasteiger partial charge in [0.05, 0.1) is 11.8 Å². The number of aliphatic hydroxyl groups is 1. The first-order chi connectivity index (χ1) is 15.1. The molecule has 0 spiro atoms. The highest BCUT2D eigenvalue weighted by molar-refractivity contribution is 5.99. The van der Waals surface area contributed by atoms with Gasteiger partial charge in [-0.1, -0.05) is 64.4 Å². The standard InChI is InChI=1S/C29H47NO2/c1-18(2)19(3)8-9-20(4)23-10-11-24-22-17-27(30-32-7)26-16-21(31)12-14-29(26,6)25(22)13-15-28(23,24)5/h8-9,17-21,23-26,31H,10-16H2,1-7H3/b9-8+,30-27+/t19-,20-,21+,23-,24+,25+,26-,28-,29-/m1/s1. The number of oxime groups is 1. The van der Waals surface area contributed by atoms with Crippen LogP contribution in [-0.4, -0.2) is 24.0 Å². The van der Waals surface area contributed by atoms with E-state index < -0.39 is 0 Å². The fraction of sp³-hybridized carbons (Fsp3) is 0.828. The van der Waals surface area contributed by atoms with Crippen LogP contribution in [0.4, 0.5) is 0 Å². The molecule has 4 aliphatic rings. The Balaban J connectivity index is 1.64. The number of nitrogens with zero attached hydrogens (tertiary/aromatic N) is 1. The third kappa shape index (κ3) is 3.91. The van der Waals surface area contributed by atoms with Crippen molar-refractivity contribution >= 4 is 5.71 Å². The third-order valence-corrected chi connectivity index (χ3v) is 10.6. The summed E-state index contributed by atoms with van der Waals surface area (Å²) in [6.07, 6.45) is 15.4. The van der Waals surface area contributed by atoms with Gasteiger partial charge in [-0.3, -0.25) is 0 Å². The van der Waals surface area contributed by atoms with Gasteiger partial charge >= 0.3 is 0 Å². The van der Waals surface area contributed by atoms with Crippen LogP contribution in [0, 0.1) is 52.3 Å². The predicted octanol–water partition coefficient (Wildman–Crippen LogP) is 7.02. The summed E-state index contributed by atoms with van der Waals surface area (Å²) in [6.45, 7) is 14.5. The predicted molar refractivity (Wildman–Crippen MR) is 133 cm³/mol. The fourth-order valence-electron chi connectivity index (χ4n) is 8.17. The topological polar surface area (TPSA) is 41.8 Å². The van der Waals surface area contributed by atoms with Gasteiger partial charge < -0.3 is 9.94 Å². The van der Waals surface area contributed by atoms with Crippen LogP contribution in [0.5, 0.6) is 0 Å². The van der Waals surface area contributed by atoms with E-state index in [4.69, 9.17) is 4.84 Å². The SMILES string of the molecule is CO/N=C1\C=C2[C@H](CC[C@]3(C)[C@@H]([C@H](C)/C=C/[C@@H](C)C(C)C)CC[C@@H]23)[C@@]2(C)CC[C@H](O)C[C@H]12. The van der Waals surface area contributed by atoms with E-state index in [-0.39, 0.29) is 11.5 Å². The van der Waals surface area contributed by atoms with Gasteiger partial charge in [-0.15, -0.1) is 0 Å². The molecule has 3 fully saturated rings. The minimum Gasteiger partial charge on any atom is -0.399 e. The molecule has 4 aliphatic carbocycles. The van der Waals surface area contributed by atoms with E-state index in [0.29, 0.717) is 40.9 Å². The number of hydrogen-bond donors (Lipinski definition) is 1. The highest BCUT2D eigenvalue weighted by Gasteiger charge is 2.59. The smallest absolute Gasteiger partial charge is 0.106 e. The monoisotopic (exact) mass is 441 g/mol. The first kappa shape index (κ1) is 24.0. The molecule has 0 aromatic heterocycles. The molecule has 0 aliphatic heterocycles. The second-order valence-corrected chi connectivity index (χ2v) is 12.5. The van der Waals surface area contributed by atoms with Crippen LogP contribution in [0.2, 0.25) is 0 Å². The van der Waals surface area contributed by atoms with Crippen LogP contribution in [0.3, 0.4) is 0 Å². The lowest BCUT2D eigenvalue weighted by Gasteiger charge is -2.57. The largest absolute Gasteiger partial charge is 0.399 e. The summed E-state index contributed by atoms with van der Waals surface area (Å²) < 4.78 is 0. The maximum Gasteiger partial charge on any atom is 0.106 e. The normalized spacial score (nSPS) is 44.7. The maximum atomic E-state index is 10.4. The van der Waals surface area contributed by atoms with E-state index in [0.717, 1.165) is 30.9 Å². The Morgan fingerprint density at radius 2 is 1.66 bits per heavy atom. The second-order valence-electron chi connectivity index (χ2n) is 12.5. The molecule has 0 amide bonds. The Labute approximate surface area is 196 Å². The zero-order chi connectivity index (χ0) is 23.3. The molecule has 0 saturated heterocycles. The Morgan fingerprint density at radius 3 is 2.34 bits per heavy atom. The van der Waals surface area contributed by atoms with Crippen LogP contribution in [0.1, 0.15) is 86.5 Å². The molecule has 0 radical (unpaired) electrons. The number of allylic oxidation sites excluding steroid dienone is 4. The van der Waals surface area contributed by atoms with Gasteiger partial charge in [0.1, 0.15) is 7.11 Å². The van der Waals surface area contributed by atoms with Crippen molar-refractivity contribution < 1.29 is 9.94 Å². The molecule has 32 heavy (non-hydrogen) atoms. The van der Waals surface area contributed by atoms with Crippen LogP contribution in [-0.2, 0) is 4.84 Å². The van der Waals surface area contributed by atoms with E-state index in [1.165, 1.54) is 25.7 Å². The molecule has 3 nitrogen and oxygen atoms in total. The van der Waals surface area contributed by atoms with E-state index >= 15 is 0 Å². The Bertz CT molecular complexity index is 782. The summed E-state index contributed by atoms with van der Waals surface area (Å²) in [5, 5.41) is 14.9. The molecule has 4 rings (SSSR count). The Morgan fingerprint density at radius 1 is 0.969 bits per heavy atom. The van der Waals surface area contributed by atoms with E-state index in [9.17, 15) is 5.11 Å². The number of rotatable bonds is 5. The molecular weight excluding hydrogens is 394 g/mol. The highest BCUT2D eigenvalue weighted by atomic mass is 16.6. The summed E-state index contributed by atoms with van der Waals surface area (Å²) in [7, 11) is 1.66. The summed E-state index contributed by atoms with van der Waals surface area (Å²) in [4.78, 5) is 5.31. The lowest BCUT2D eigenvalue weighted by atomic mass is 9.47. The van der Waals surface area contributed by atoms with Crippen molar-refractivity contribution in [2.75, 3.05) is 7.11 Å². The van der Waals surface area contributed by atoms with Gasteiger partial charge in [0.15, 0.2) is 0 Å². The lowest BCUT2D eigenvalue weighted by molar-refractivity contribution is -0.0160.